The van der Waals surface area contributed by atoms with Crippen LogP contribution in [-0.2, 0) is 6.54 Å². The summed E-state index contributed by atoms with van der Waals surface area (Å²) in [4.78, 5) is 28.8. The second kappa shape index (κ2) is 9.37. The number of hydrogen-bond donors (Lipinski definition) is 1. The Balaban J connectivity index is 1.72. The van der Waals surface area contributed by atoms with Crippen molar-refractivity contribution in [2.75, 3.05) is 24.2 Å². The Morgan fingerprint density at radius 3 is 2.68 bits per heavy atom. The summed E-state index contributed by atoms with van der Waals surface area (Å²) in [6.07, 6.45) is 7.49. The third kappa shape index (κ3) is 4.82. The van der Waals surface area contributed by atoms with Gasteiger partial charge in [-0.15, -0.1) is 11.8 Å². The predicted molar refractivity (Wildman–Crippen MR) is 114 cm³/mol. The summed E-state index contributed by atoms with van der Waals surface area (Å²) in [5.74, 6) is 1.87. The molecule has 1 saturated heterocycles. The van der Waals surface area contributed by atoms with Crippen molar-refractivity contribution in [2.45, 2.75) is 57.5 Å². The van der Waals surface area contributed by atoms with E-state index in [0.717, 1.165) is 41.0 Å². The van der Waals surface area contributed by atoms with E-state index in [2.05, 4.69) is 45.1 Å². The molecule has 3 rings (SSSR count). The van der Waals surface area contributed by atoms with Crippen molar-refractivity contribution in [3.63, 3.8) is 0 Å². The highest BCUT2D eigenvalue weighted by molar-refractivity contribution is 7.98. The second-order valence-corrected chi connectivity index (χ2v) is 8.25. The van der Waals surface area contributed by atoms with E-state index < -0.39 is 0 Å². The average Bonchev–Trinajstić information content (AvgIpc) is 2.72. The predicted octanol–water partition coefficient (Wildman–Crippen LogP) is 3.95. The van der Waals surface area contributed by atoms with Crippen LogP contribution >= 0.6 is 11.8 Å². The van der Waals surface area contributed by atoms with E-state index in [9.17, 15) is 4.79 Å². The molecule has 28 heavy (non-hydrogen) atoms. The van der Waals surface area contributed by atoms with Gasteiger partial charge in [0.25, 0.3) is 5.91 Å². The molecule has 0 atom stereocenters. The highest BCUT2D eigenvalue weighted by atomic mass is 32.2. The third-order valence-electron chi connectivity index (χ3n) is 4.95. The quantitative estimate of drug-likeness (QED) is 0.586. The number of aromatic nitrogens is 3. The van der Waals surface area contributed by atoms with Crippen LogP contribution in [0.3, 0.4) is 0 Å². The largest absolute Gasteiger partial charge is 0.357 e. The number of rotatable bonds is 6. The second-order valence-electron chi connectivity index (χ2n) is 7.46. The van der Waals surface area contributed by atoms with E-state index in [1.54, 1.807) is 0 Å². The molecule has 0 aromatic carbocycles. The molecule has 0 unspecified atom stereocenters. The van der Waals surface area contributed by atoms with Gasteiger partial charge < -0.3 is 10.2 Å². The maximum atomic E-state index is 12.9. The van der Waals surface area contributed by atoms with Gasteiger partial charge in [0.1, 0.15) is 16.7 Å². The van der Waals surface area contributed by atoms with Crippen LogP contribution in [0.1, 0.15) is 66.5 Å². The third-order valence-corrected chi connectivity index (χ3v) is 5.64. The van der Waals surface area contributed by atoms with Crippen molar-refractivity contribution in [3.8, 4) is 0 Å². The number of hydrogen-bond acceptors (Lipinski definition) is 6. The summed E-state index contributed by atoms with van der Waals surface area (Å²) in [5.41, 5.74) is 2.35. The molecule has 1 aliphatic rings. The van der Waals surface area contributed by atoms with Crippen molar-refractivity contribution in [1.29, 1.82) is 0 Å². The number of nitrogens with zero attached hydrogens (tertiary/aromatic N) is 4. The van der Waals surface area contributed by atoms with Gasteiger partial charge in [0.15, 0.2) is 0 Å². The Hall–Kier alpha value is -2.15. The summed E-state index contributed by atoms with van der Waals surface area (Å²) in [6.45, 7) is 8.56. The Bertz CT molecular complexity index is 834. The van der Waals surface area contributed by atoms with Gasteiger partial charge in [-0.05, 0) is 50.1 Å². The average molecular weight is 400 g/mol. The highest BCUT2D eigenvalue weighted by Crippen LogP contribution is 2.23. The molecule has 6 nitrogen and oxygen atoms in total. The van der Waals surface area contributed by atoms with E-state index in [-0.39, 0.29) is 11.8 Å². The van der Waals surface area contributed by atoms with Crippen LogP contribution in [0.15, 0.2) is 23.4 Å². The number of thioether (sulfide) groups is 1. The molecular formula is C21H29N5OS. The summed E-state index contributed by atoms with van der Waals surface area (Å²) in [6, 6.07) is 4.03. The van der Waals surface area contributed by atoms with Crippen LogP contribution in [0, 0.1) is 6.92 Å². The molecule has 0 bridgehead atoms. The SMILES string of the molecule is CSc1nc(C(C)C)nc(C)c1C(=O)NCc1ccnc(N2CCCCC2)c1. The Morgan fingerprint density at radius 2 is 2.00 bits per heavy atom. The van der Waals surface area contributed by atoms with Crippen LogP contribution in [0.25, 0.3) is 0 Å². The van der Waals surface area contributed by atoms with E-state index in [1.807, 2.05) is 25.4 Å². The Morgan fingerprint density at radius 1 is 1.25 bits per heavy atom. The van der Waals surface area contributed by atoms with E-state index in [1.165, 1.54) is 31.0 Å². The van der Waals surface area contributed by atoms with Gasteiger partial charge in [0, 0.05) is 31.7 Å². The number of nitrogens with one attached hydrogen (secondary N) is 1. The maximum absolute atomic E-state index is 12.9. The molecule has 0 aliphatic carbocycles. The zero-order valence-corrected chi connectivity index (χ0v) is 18.0. The fourth-order valence-corrected chi connectivity index (χ4v) is 4.00. The zero-order chi connectivity index (χ0) is 20.1. The first kappa shape index (κ1) is 20.6. The molecule has 1 aliphatic heterocycles. The van der Waals surface area contributed by atoms with Gasteiger partial charge in [0.05, 0.1) is 11.3 Å². The topological polar surface area (TPSA) is 71.0 Å². The maximum Gasteiger partial charge on any atom is 0.256 e. The number of aryl methyl sites for hydroxylation is 1. The Labute approximate surface area is 171 Å². The first-order chi connectivity index (χ1) is 13.5. The zero-order valence-electron chi connectivity index (χ0n) is 17.2. The van der Waals surface area contributed by atoms with Crippen LogP contribution in [0.5, 0.6) is 0 Å². The molecule has 0 radical (unpaired) electrons. The molecule has 0 spiro atoms. The molecule has 150 valence electrons. The first-order valence-corrected chi connectivity index (χ1v) is 11.1. The minimum absolute atomic E-state index is 0.131. The normalized spacial score (nSPS) is 14.4. The van der Waals surface area contributed by atoms with Gasteiger partial charge in [0.2, 0.25) is 0 Å². The monoisotopic (exact) mass is 399 g/mol. The molecule has 1 fully saturated rings. The van der Waals surface area contributed by atoms with Crippen LogP contribution in [0.2, 0.25) is 0 Å². The standard InChI is InChI=1S/C21H29N5OS/c1-14(2)19-24-15(3)18(21(25-19)28-4)20(27)23-13-16-8-9-22-17(12-16)26-10-6-5-7-11-26/h8-9,12,14H,5-7,10-11,13H2,1-4H3,(H,23,27). The number of piperidine rings is 1. The van der Waals surface area contributed by atoms with E-state index in [4.69, 9.17) is 0 Å². The summed E-state index contributed by atoms with van der Waals surface area (Å²) in [5, 5.41) is 3.76. The first-order valence-electron chi connectivity index (χ1n) is 9.90. The lowest BCUT2D eigenvalue weighted by Crippen LogP contribution is -2.30. The number of anilines is 1. The Kier molecular flexibility index (Phi) is 6.88. The summed E-state index contributed by atoms with van der Waals surface area (Å²) >= 11 is 1.48. The minimum atomic E-state index is -0.131. The summed E-state index contributed by atoms with van der Waals surface area (Å²) < 4.78 is 0. The van der Waals surface area contributed by atoms with Crippen molar-refractivity contribution in [2.24, 2.45) is 0 Å². The van der Waals surface area contributed by atoms with Crippen molar-refractivity contribution >= 4 is 23.5 Å². The molecule has 2 aromatic rings. The van der Waals surface area contributed by atoms with Gasteiger partial charge >= 0.3 is 0 Å². The number of pyridine rings is 1. The number of carbonyl (C=O) groups excluding carboxylic acids is 1. The van der Waals surface area contributed by atoms with Gasteiger partial charge in [-0.25, -0.2) is 15.0 Å². The molecular weight excluding hydrogens is 370 g/mol. The van der Waals surface area contributed by atoms with Gasteiger partial charge in [-0.3, -0.25) is 4.79 Å². The minimum Gasteiger partial charge on any atom is -0.357 e. The molecule has 1 N–H and O–H groups in total. The molecule has 0 saturated carbocycles. The van der Waals surface area contributed by atoms with Crippen molar-refractivity contribution < 1.29 is 4.79 Å². The number of amides is 1. The lowest BCUT2D eigenvalue weighted by atomic mass is 10.1. The van der Waals surface area contributed by atoms with Gasteiger partial charge in [-0.1, -0.05) is 13.8 Å². The fourth-order valence-electron chi connectivity index (χ4n) is 3.37. The van der Waals surface area contributed by atoms with Crippen LogP contribution in [0.4, 0.5) is 5.82 Å². The highest BCUT2D eigenvalue weighted by Gasteiger charge is 2.19. The number of carbonyl (C=O) groups is 1. The van der Waals surface area contributed by atoms with E-state index in [0.29, 0.717) is 12.1 Å². The van der Waals surface area contributed by atoms with E-state index >= 15 is 0 Å². The smallest absolute Gasteiger partial charge is 0.256 e. The molecule has 3 heterocycles. The van der Waals surface area contributed by atoms with Crippen molar-refractivity contribution in [1.82, 2.24) is 20.3 Å². The van der Waals surface area contributed by atoms with Crippen LogP contribution in [-0.4, -0.2) is 40.2 Å². The lowest BCUT2D eigenvalue weighted by molar-refractivity contribution is 0.0946. The fraction of sp³-hybridized carbons (Fsp3) is 0.524. The van der Waals surface area contributed by atoms with Gasteiger partial charge in [-0.2, -0.15) is 0 Å². The van der Waals surface area contributed by atoms with Crippen LogP contribution < -0.4 is 10.2 Å². The van der Waals surface area contributed by atoms with Crippen molar-refractivity contribution in [3.05, 3.63) is 41.0 Å². The molecule has 2 aromatic heterocycles. The summed E-state index contributed by atoms with van der Waals surface area (Å²) in [7, 11) is 0. The molecule has 1 amide bonds. The lowest BCUT2D eigenvalue weighted by Gasteiger charge is -2.27. The molecule has 7 heteroatoms.